The van der Waals surface area contributed by atoms with Gasteiger partial charge in [0, 0.05) is 49.1 Å². The molecule has 0 bridgehead atoms. The Morgan fingerprint density at radius 3 is 2.72 bits per heavy atom. The summed E-state index contributed by atoms with van der Waals surface area (Å²) in [6.07, 6.45) is 2.55. The molecule has 0 aliphatic carbocycles. The molecule has 2 aliphatic rings. The second-order valence-electron chi connectivity index (χ2n) is 7.47. The van der Waals surface area contributed by atoms with Gasteiger partial charge in [-0.1, -0.05) is 18.2 Å². The normalized spacial score (nSPS) is 30.4. The summed E-state index contributed by atoms with van der Waals surface area (Å²) in [5, 5.41) is 3.19. The molecule has 3 rings (SSSR count). The highest BCUT2D eigenvalue weighted by Gasteiger charge is 2.32. The molecule has 2 fully saturated rings. The van der Waals surface area contributed by atoms with Gasteiger partial charge in [-0.2, -0.15) is 0 Å². The van der Waals surface area contributed by atoms with E-state index in [2.05, 4.69) is 34.9 Å². The van der Waals surface area contributed by atoms with Crippen LogP contribution in [0.5, 0.6) is 0 Å². The fraction of sp³-hybridized carbons (Fsp3) is 0.632. The smallest absolute Gasteiger partial charge is 0.220 e. The van der Waals surface area contributed by atoms with E-state index in [9.17, 15) is 9.18 Å². The minimum absolute atomic E-state index is 0.118. The first kappa shape index (κ1) is 18.3. The van der Waals surface area contributed by atoms with Gasteiger partial charge in [0.05, 0.1) is 0 Å². The van der Waals surface area contributed by atoms with E-state index < -0.39 is 0 Å². The fourth-order valence-electron chi connectivity index (χ4n) is 3.95. The molecular weight excluding hydrogens is 319 g/mol. The van der Waals surface area contributed by atoms with Crippen LogP contribution in [0.2, 0.25) is 0 Å². The van der Waals surface area contributed by atoms with Crippen LogP contribution < -0.4 is 16.2 Å². The minimum atomic E-state index is -0.155. The first-order chi connectivity index (χ1) is 12.0. The van der Waals surface area contributed by atoms with Crippen molar-refractivity contribution in [3.63, 3.8) is 0 Å². The quantitative estimate of drug-likeness (QED) is 0.759. The molecule has 1 aromatic rings. The zero-order chi connectivity index (χ0) is 17.8. The first-order valence-corrected chi connectivity index (χ1v) is 9.29. The van der Waals surface area contributed by atoms with Gasteiger partial charge in [0.15, 0.2) is 0 Å². The van der Waals surface area contributed by atoms with E-state index >= 15 is 0 Å². The number of carbonyl (C=O) groups excluding carboxylic acids is 1. The molecule has 6 heteroatoms. The molecule has 2 saturated heterocycles. The number of nitrogens with one attached hydrogen (secondary N) is 3. The zero-order valence-corrected chi connectivity index (χ0v) is 15.1. The summed E-state index contributed by atoms with van der Waals surface area (Å²) in [4.78, 5) is 14.7. The Kier molecular flexibility index (Phi) is 6.04. The summed E-state index contributed by atoms with van der Waals surface area (Å²) < 4.78 is 13.8. The van der Waals surface area contributed by atoms with E-state index in [-0.39, 0.29) is 17.8 Å². The van der Waals surface area contributed by atoms with E-state index in [4.69, 9.17) is 0 Å². The molecule has 0 saturated carbocycles. The molecule has 2 aliphatic heterocycles. The summed E-state index contributed by atoms with van der Waals surface area (Å²) in [5.74, 6) is 0.267. The lowest BCUT2D eigenvalue weighted by Crippen LogP contribution is -2.48. The Labute approximate surface area is 149 Å². The topological polar surface area (TPSA) is 56.4 Å². The Morgan fingerprint density at radius 2 is 2.00 bits per heavy atom. The van der Waals surface area contributed by atoms with Gasteiger partial charge in [-0.3, -0.25) is 20.5 Å². The third kappa shape index (κ3) is 4.77. The van der Waals surface area contributed by atoms with Crippen LogP contribution in [-0.2, 0) is 11.3 Å². The number of hydrogen-bond acceptors (Lipinski definition) is 4. The van der Waals surface area contributed by atoms with Gasteiger partial charge < -0.3 is 5.32 Å². The molecule has 3 N–H and O–H groups in total. The second-order valence-corrected chi connectivity index (χ2v) is 7.47. The molecule has 25 heavy (non-hydrogen) atoms. The van der Waals surface area contributed by atoms with Crippen LogP contribution >= 0.6 is 0 Å². The van der Waals surface area contributed by atoms with Crippen LogP contribution in [0.25, 0.3) is 0 Å². The predicted molar refractivity (Wildman–Crippen MR) is 96.1 cm³/mol. The van der Waals surface area contributed by atoms with Crippen molar-refractivity contribution >= 4 is 5.91 Å². The number of hydrazine groups is 1. The highest BCUT2D eigenvalue weighted by Crippen LogP contribution is 2.19. The van der Waals surface area contributed by atoms with Crippen molar-refractivity contribution < 1.29 is 9.18 Å². The van der Waals surface area contributed by atoms with E-state index in [1.54, 1.807) is 6.07 Å². The Hall–Kier alpha value is -1.50. The number of nitrogens with zero attached hydrogens (tertiary/aromatic N) is 1. The van der Waals surface area contributed by atoms with Gasteiger partial charge in [-0.05, 0) is 39.3 Å². The van der Waals surface area contributed by atoms with Gasteiger partial charge in [0.25, 0.3) is 0 Å². The molecule has 0 radical (unpaired) electrons. The number of benzene rings is 1. The molecule has 3 atom stereocenters. The molecule has 0 aromatic heterocycles. The molecular formula is C19H29FN4O. The van der Waals surface area contributed by atoms with Crippen molar-refractivity contribution in [2.24, 2.45) is 5.92 Å². The summed E-state index contributed by atoms with van der Waals surface area (Å²) in [7, 11) is 0. The predicted octanol–water partition coefficient (Wildman–Crippen LogP) is 1.80. The average molecular weight is 348 g/mol. The van der Waals surface area contributed by atoms with Crippen LogP contribution in [0.1, 0.15) is 38.7 Å². The van der Waals surface area contributed by atoms with Crippen LogP contribution in [0.15, 0.2) is 24.3 Å². The van der Waals surface area contributed by atoms with E-state index in [0.29, 0.717) is 31.0 Å². The number of halogens is 1. The lowest BCUT2D eigenvalue weighted by atomic mass is 9.92. The molecule has 2 heterocycles. The molecule has 5 nitrogen and oxygen atoms in total. The lowest BCUT2D eigenvalue weighted by molar-refractivity contribution is -0.123. The minimum Gasteiger partial charge on any atom is -0.352 e. The van der Waals surface area contributed by atoms with Crippen molar-refractivity contribution in [1.29, 1.82) is 0 Å². The Morgan fingerprint density at radius 1 is 1.28 bits per heavy atom. The maximum absolute atomic E-state index is 13.8. The zero-order valence-electron chi connectivity index (χ0n) is 15.1. The molecule has 0 spiro atoms. The SMILES string of the molecule is CC1NNC(C)C1CC(=O)NC1CCCN(Cc2ccccc2F)C1. The number of carbonyl (C=O) groups is 1. The van der Waals surface area contributed by atoms with Crippen molar-refractivity contribution in [3.8, 4) is 0 Å². The summed E-state index contributed by atoms with van der Waals surface area (Å²) in [5.41, 5.74) is 7.11. The third-order valence-corrected chi connectivity index (χ3v) is 5.47. The highest BCUT2D eigenvalue weighted by molar-refractivity contribution is 5.76. The Balaban J connectivity index is 1.49. The number of amides is 1. The van der Waals surface area contributed by atoms with E-state index in [0.717, 1.165) is 31.5 Å². The largest absolute Gasteiger partial charge is 0.352 e. The first-order valence-electron chi connectivity index (χ1n) is 9.29. The van der Waals surface area contributed by atoms with Crippen LogP contribution in [0.4, 0.5) is 4.39 Å². The molecule has 3 unspecified atom stereocenters. The number of likely N-dealkylation sites (tertiary alicyclic amines) is 1. The van der Waals surface area contributed by atoms with Crippen LogP contribution in [0.3, 0.4) is 0 Å². The number of piperidine rings is 1. The summed E-state index contributed by atoms with van der Waals surface area (Å²) in [6.45, 7) is 6.54. The van der Waals surface area contributed by atoms with E-state index in [1.165, 1.54) is 6.07 Å². The third-order valence-electron chi connectivity index (χ3n) is 5.47. The van der Waals surface area contributed by atoms with Gasteiger partial charge in [-0.15, -0.1) is 0 Å². The highest BCUT2D eigenvalue weighted by atomic mass is 19.1. The monoisotopic (exact) mass is 348 g/mol. The number of hydrogen-bond donors (Lipinski definition) is 3. The summed E-state index contributed by atoms with van der Waals surface area (Å²) in [6, 6.07) is 7.67. The van der Waals surface area contributed by atoms with Crippen molar-refractivity contribution in [2.45, 2.75) is 57.8 Å². The lowest BCUT2D eigenvalue weighted by Gasteiger charge is -2.33. The van der Waals surface area contributed by atoms with Gasteiger partial charge >= 0.3 is 0 Å². The molecule has 138 valence electrons. The van der Waals surface area contributed by atoms with Crippen LogP contribution in [0, 0.1) is 11.7 Å². The van der Waals surface area contributed by atoms with Crippen molar-refractivity contribution in [1.82, 2.24) is 21.1 Å². The second kappa shape index (κ2) is 8.25. The maximum atomic E-state index is 13.8. The maximum Gasteiger partial charge on any atom is 0.220 e. The van der Waals surface area contributed by atoms with E-state index in [1.807, 2.05) is 12.1 Å². The molecule has 1 amide bonds. The Bertz CT molecular complexity index is 587. The average Bonchev–Trinajstić information content (AvgIpc) is 2.89. The summed E-state index contributed by atoms with van der Waals surface area (Å²) >= 11 is 0. The standard InChI is InChI=1S/C19H29FN4O/c1-13-17(14(2)23-22-13)10-19(25)21-16-7-5-9-24(12-16)11-15-6-3-4-8-18(15)20/h3-4,6,8,13-14,16-17,22-23H,5,7,9-12H2,1-2H3,(H,21,25). The van der Waals surface area contributed by atoms with Gasteiger partial charge in [-0.25, -0.2) is 4.39 Å². The van der Waals surface area contributed by atoms with Gasteiger partial charge in [0.1, 0.15) is 5.82 Å². The molecule has 1 aromatic carbocycles. The van der Waals surface area contributed by atoms with Crippen molar-refractivity contribution in [3.05, 3.63) is 35.6 Å². The fourth-order valence-corrected chi connectivity index (χ4v) is 3.95. The van der Waals surface area contributed by atoms with Crippen LogP contribution in [-0.4, -0.2) is 42.0 Å². The van der Waals surface area contributed by atoms with Gasteiger partial charge in [0.2, 0.25) is 5.91 Å². The van der Waals surface area contributed by atoms with Crippen molar-refractivity contribution in [2.75, 3.05) is 13.1 Å². The number of rotatable bonds is 5.